The van der Waals surface area contributed by atoms with Crippen LogP contribution < -0.4 is 20.3 Å². The summed E-state index contributed by atoms with van der Waals surface area (Å²) in [5.41, 5.74) is 0.661. The Kier molecular flexibility index (Phi) is 6.34. The Bertz CT molecular complexity index is 799. The molecule has 1 heterocycles. The number of hydrogen-bond donors (Lipinski definition) is 2. The van der Waals surface area contributed by atoms with Crippen molar-refractivity contribution in [3.8, 4) is 5.75 Å². The van der Waals surface area contributed by atoms with Crippen LogP contribution in [0.4, 0.5) is 11.6 Å². The fourth-order valence-corrected chi connectivity index (χ4v) is 3.46. The standard InChI is InChI=1S/C21H29N5O2/c1-14-22-19(13-20(23-14)26(2)3)24-16-7-9-17(10-8-16)25-21(27)15-5-11-18(28-4)12-6-15/h5-6,11-13,16-17H,7-10H2,1-4H3,(H,25,27)(H,22,23,24)/t16-,17+. The molecule has 2 N–H and O–H groups in total. The fraction of sp³-hybridized carbons (Fsp3) is 0.476. The normalized spacial score (nSPS) is 19.0. The molecule has 0 bridgehead atoms. The summed E-state index contributed by atoms with van der Waals surface area (Å²) in [6.07, 6.45) is 3.89. The molecule has 7 heteroatoms. The van der Waals surface area contributed by atoms with E-state index in [1.165, 1.54) is 0 Å². The van der Waals surface area contributed by atoms with Crippen molar-refractivity contribution in [3.63, 3.8) is 0 Å². The third-order valence-electron chi connectivity index (χ3n) is 5.05. The van der Waals surface area contributed by atoms with E-state index in [-0.39, 0.29) is 11.9 Å². The zero-order chi connectivity index (χ0) is 20.1. The minimum atomic E-state index is -0.0267. The van der Waals surface area contributed by atoms with Crippen molar-refractivity contribution in [2.75, 3.05) is 31.4 Å². The van der Waals surface area contributed by atoms with Crippen molar-refractivity contribution in [1.82, 2.24) is 15.3 Å². The number of methoxy groups -OCH3 is 1. The quantitative estimate of drug-likeness (QED) is 0.798. The fourth-order valence-electron chi connectivity index (χ4n) is 3.46. The van der Waals surface area contributed by atoms with E-state index in [1.54, 1.807) is 31.4 Å². The lowest BCUT2D eigenvalue weighted by Gasteiger charge is -2.30. The number of aromatic nitrogens is 2. The number of aryl methyl sites for hydroxylation is 1. The van der Waals surface area contributed by atoms with Gasteiger partial charge in [-0.05, 0) is 56.9 Å². The van der Waals surface area contributed by atoms with Crippen LogP contribution in [-0.2, 0) is 0 Å². The molecular weight excluding hydrogens is 354 g/mol. The lowest BCUT2D eigenvalue weighted by atomic mass is 9.91. The first kappa shape index (κ1) is 19.9. The summed E-state index contributed by atoms with van der Waals surface area (Å²) >= 11 is 0. The van der Waals surface area contributed by atoms with Gasteiger partial charge in [0.05, 0.1) is 7.11 Å². The van der Waals surface area contributed by atoms with Crippen LogP contribution in [0.2, 0.25) is 0 Å². The van der Waals surface area contributed by atoms with Crippen LogP contribution in [-0.4, -0.2) is 49.2 Å². The Labute approximate surface area is 166 Å². The van der Waals surface area contributed by atoms with Gasteiger partial charge in [-0.25, -0.2) is 9.97 Å². The van der Waals surface area contributed by atoms with Gasteiger partial charge in [0.25, 0.3) is 5.91 Å². The van der Waals surface area contributed by atoms with Crippen LogP contribution in [0.5, 0.6) is 5.75 Å². The third kappa shape index (κ3) is 5.12. The zero-order valence-electron chi connectivity index (χ0n) is 17.0. The predicted molar refractivity (Wildman–Crippen MR) is 111 cm³/mol. The molecule has 1 aromatic carbocycles. The van der Waals surface area contributed by atoms with Crippen molar-refractivity contribution in [1.29, 1.82) is 0 Å². The monoisotopic (exact) mass is 383 g/mol. The third-order valence-corrected chi connectivity index (χ3v) is 5.05. The summed E-state index contributed by atoms with van der Waals surface area (Å²) in [6.45, 7) is 1.91. The molecule has 3 rings (SSSR count). The molecule has 0 saturated heterocycles. The number of rotatable bonds is 6. The van der Waals surface area contributed by atoms with Gasteiger partial charge >= 0.3 is 0 Å². The van der Waals surface area contributed by atoms with Crippen molar-refractivity contribution < 1.29 is 9.53 Å². The van der Waals surface area contributed by atoms with E-state index in [9.17, 15) is 4.79 Å². The second-order valence-corrected chi connectivity index (χ2v) is 7.45. The molecule has 1 aliphatic carbocycles. The molecule has 1 fully saturated rings. The maximum absolute atomic E-state index is 12.4. The molecule has 7 nitrogen and oxygen atoms in total. The number of anilines is 2. The van der Waals surface area contributed by atoms with Gasteiger partial charge in [-0.2, -0.15) is 0 Å². The minimum Gasteiger partial charge on any atom is -0.497 e. The highest BCUT2D eigenvalue weighted by Gasteiger charge is 2.23. The Morgan fingerprint density at radius 3 is 2.32 bits per heavy atom. The van der Waals surface area contributed by atoms with Crippen LogP contribution >= 0.6 is 0 Å². The second kappa shape index (κ2) is 8.91. The predicted octanol–water partition coefficient (Wildman–Crippen LogP) is 3.01. The molecule has 1 aliphatic rings. The molecule has 2 aromatic rings. The molecule has 0 unspecified atom stereocenters. The number of carbonyl (C=O) groups is 1. The summed E-state index contributed by atoms with van der Waals surface area (Å²) in [4.78, 5) is 23.3. The van der Waals surface area contributed by atoms with Crippen molar-refractivity contribution in [3.05, 3.63) is 41.7 Å². The SMILES string of the molecule is COc1ccc(C(=O)N[C@H]2CC[C@@H](Nc3cc(N(C)C)nc(C)n3)CC2)cc1. The van der Waals surface area contributed by atoms with Crippen molar-refractivity contribution in [2.45, 2.75) is 44.7 Å². The Hall–Kier alpha value is -2.83. The highest BCUT2D eigenvalue weighted by Crippen LogP contribution is 2.23. The highest BCUT2D eigenvalue weighted by atomic mass is 16.5. The van der Waals surface area contributed by atoms with Crippen LogP contribution in [0.3, 0.4) is 0 Å². The van der Waals surface area contributed by atoms with Gasteiger partial charge in [0.15, 0.2) is 0 Å². The van der Waals surface area contributed by atoms with Crippen LogP contribution in [0, 0.1) is 6.92 Å². The van der Waals surface area contributed by atoms with Crippen molar-refractivity contribution in [2.24, 2.45) is 0 Å². The van der Waals surface area contributed by atoms with Crippen LogP contribution in [0.25, 0.3) is 0 Å². The number of nitrogens with one attached hydrogen (secondary N) is 2. The summed E-state index contributed by atoms with van der Waals surface area (Å²) in [5, 5.41) is 6.68. The van der Waals surface area contributed by atoms with Gasteiger partial charge < -0.3 is 20.3 Å². The molecule has 0 spiro atoms. The van der Waals surface area contributed by atoms with E-state index in [0.717, 1.165) is 48.9 Å². The van der Waals surface area contributed by atoms with E-state index in [4.69, 9.17) is 4.74 Å². The van der Waals surface area contributed by atoms with Gasteiger partial charge in [-0.1, -0.05) is 0 Å². The molecule has 1 amide bonds. The first-order valence-electron chi connectivity index (χ1n) is 9.69. The molecule has 28 heavy (non-hydrogen) atoms. The molecule has 1 aromatic heterocycles. The number of hydrogen-bond acceptors (Lipinski definition) is 6. The maximum atomic E-state index is 12.4. The molecule has 0 atom stereocenters. The first-order chi connectivity index (χ1) is 13.4. The minimum absolute atomic E-state index is 0.0267. The van der Waals surface area contributed by atoms with E-state index < -0.39 is 0 Å². The van der Waals surface area contributed by atoms with Gasteiger partial charge in [0, 0.05) is 37.8 Å². The van der Waals surface area contributed by atoms with Gasteiger partial charge in [-0.3, -0.25) is 4.79 Å². The maximum Gasteiger partial charge on any atom is 0.251 e. The van der Waals surface area contributed by atoms with Gasteiger partial charge in [0.2, 0.25) is 0 Å². The lowest BCUT2D eigenvalue weighted by Crippen LogP contribution is -2.40. The highest BCUT2D eigenvalue weighted by molar-refractivity contribution is 5.94. The van der Waals surface area contributed by atoms with E-state index >= 15 is 0 Å². The molecule has 150 valence electrons. The summed E-state index contributed by atoms with van der Waals surface area (Å²) in [6, 6.07) is 9.74. The van der Waals surface area contributed by atoms with E-state index in [1.807, 2.05) is 32.0 Å². The first-order valence-corrected chi connectivity index (χ1v) is 9.69. The van der Waals surface area contributed by atoms with Crippen LogP contribution in [0.15, 0.2) is 30.3 Å². The average Bonchev–Trinajstić information content (AvgIpc) is 2.69. The number of benzene rings is 1. The van der Waals surface area contributed by atoms with Gasteiger partial charge in [-0.15, -0.1) is 0 Å². The topological polar surface area (TPSA) is 79.4 Å². The number of nitrogens with zero attached hydrogens (tertiary/aromatic N) is 3. The lowest BCUT2D eigenvalue weighted by molar-refractivity contribution is 0.0926. The zero-order valence-corrected chi connectivity index (χ0v) is 17.0. The smallest absolute Gasteiger partial charge is 0.251 e. The summed E-state index contributed by atoms with van der Waals surface area (Å²) in [7, 11) is 5.57. The van der Waals surface area contributed by atoms with Crippen molar-refractivity contribution >= 4 is 17.5 Å². The largest absolute Gasteiger partial charge is 0.497 e. The van der Waals surface area contributed by atoms with E-state index in [2.05, 4.69) is 20.6 Å². The summed E-state index contributed by atoms with van der Waals surface area (Å²) < 4.78 is 5.14. The van der Waals surface area contributed by atoms with E-state index in [0.29, 0.717) is 11.6 Å². The molecular formula is C21H29N5O2. The number of amides is 1. The van der Waals surface area contributed by atoms with Crippen LogP contribution in [0.1, 0.15) is 41.9 Å². The Morgan fingerprint density at radius 1 is 1.07 bits per heavy atom. The Morgan fingerprint density at radius 2 is 1.71 bits per heavy atom. The Balaban J connectivity index is 1.51. The molecule has 0 aliphatic heterocycles. The molecule has 0 radical (unpaired) electrons. The summed E-state index contributed by atoms with van der Waals surface area (Å²) in [5.74, 6) is 3.24. The molecule has 1 saturated carbocycles. The number of carbonyl (C=O) groups excluding carboxylic acids is 1. The number of ether oxygens (including phenoxy) is 1. The second-order valence-electron chi connectivity index (χ2n) is 7.45. The average molecular weight is 383 g/mol. The van der Waals surface area contributed by atoms with Gasteiger partial charge in [0.1, 0.15) is 23.2 Å².